The van der Waals surface area contributed by atoms with Crippen molar-refractivity contribution in [1.82, 2.24) is 9.55 Å². The highest BCUT2D eigenvalue weighted by atomic mass is 32.2. The van der Waals surface area contributed by atoms with Crippen LogP contribution in [0.15, 0.2) is 41.3 Å². The number of phosphoric ester groups is 1. The average molecular weight is 641 g/mol. The normalized spacial score (nSPS) is 22.1. The number of hydrogen-bond acceptors (Lipinski definition) is 13. The molecule has 5 atom stereocenters. The van der Waals surface area contributed by atoms with Gasteiger partial charge in [-0.25, -0.2) is 18.5 Å². The number of benzene rings is 1. The molecule has 2 heterocycles. The number of nitrogens with zero attached hydrogens (tertiary/aromatic N) is 2. The van der Waals surface area contributed by atoms with E-state index in [4.69, 9.17) is 20.3 Å². The summed E-state index contributed by atoms with van der Waals surface area (Å²) in [6.45, 7) is -0.919. The fraction of sp³-hybridized carbons (Fsp3) is 0.316. The summed E-state index contributed by atoms with van der Waals surface area (Å²) < 4.78 is 52.1. The van der Waals surface area contributed by atoms with Gasteiger partial charge in [0.1, 0.15) is 18.1 Å². The van der Waals surface area contributed by atoms with Gasteiger partial charge in [0.05, 0.1) is 24.0 Å². The van der Waals surface area contributed by atoms with E-state index >= 15 is 0 Å². The molecule has 1 saturated heterocycles. The highest BCUT2D eigenvalue weighted by Crippen LogP contribution is 2.66. The van der Waals surface area contributed by atoms with Crippen LogP contribution in [0.4, 0.5) is 5.82 Å². The maximum absolute atomic E-state index is 12.4. The minimum absolute atomic E-state index is 0.105. The Bertz CT molecular complexity index is 1500. The van der Waals surface area contributed by atoms with Crippen LogP contribution in [0.25, 0.3) is 0 Å². The van der Waals surface area contributed by atoms with Crippen LogP contribution in [0.3, 0.4) is 0 Å². The topological polar surface area (TPSA) is 267 Å². The number of rotatable bonds is 10. The van der Waals surface area contributed by atoms with Crippen molar-refractivity contribution in [3.63, 3.8) is 0 Å². The molecule has 7 N–H and O–H groups in total. The smallest absolute Gasteiger partial charge is 0.390 e. The standard InChI is InChI=1S/C19H22N3O14P3S/c20-17-13(7-4-8-40-18(24)12-5-2-1-3-6-12)10-22(19(25)21-17)16-9-14(23)15(34-16)11-33-38(29,30)36-39(31,32)35-37(26,27)28/h1-3,5-6,10,14-16,23H,8-9,11H2,(H,29,30)(H,31,32)(H2,20,21,25)(H2,26,27,28)/t14-,15-,16-/m1/s1. The Morgan fingerprint density at radius 1 is 1.15 bits per heavy atom. The number of nitrogens with two attached hydrogens (primary N) is 1. The molecule has 3 rings (SSSR count). The van der Waals surface area contributed by atoms with E-state index in [2.05, 4.69) is 30.0 Å². The molecule has 0 saturated carbocycles. The average Bonchev–Trinajstić information content (AvgIpc) is 3.20. The number of carbonyl (C=O) groups is 1. The minimum atomic E-state index is -5.73. The first-order chi connectivity index (χ1) is 18.6. The Balaban J connectivity index is 1.63. The van der Waals surface area contributed by atoms with Crippen molar-refractivity contribution in [2.24, 2.45) is 0 Å². The number of aliphatic hydroxyl groups excluding tert-OH is 1. The molecular weight excluding hydrogens is 619 g/mol. The first kappa shape index (κ1) is 32.3. The van der Waals surface area contributed by atoms with Crippen molar-refractivity contribution < 1.29 is 61.1 Å². The second kappa shape index (κ2) is 13.2. The van der Waals surface area contributed by atoms with Gasteiger partial charge in [0.15, 0.2) is 0 Å². The molecule has 1 aromatic heterocycles. The number of phosphoric acid groups is 3. The van der Waals surface area contributed by atoms with E-state index in [0.29, 0.717) is 5.56 Å². The summed E-state index contributed by atoms with van der Waals surface area (Å²) in [4.78, 5) is 64.1. The summed E-state index contributed by atoms with van der Waals surface area (Å²) in [6.07, 6.45) is -2.93. The van der Waals surface area contributed by atoms with E-state index in [1.807, 2.05) is 0 Å². The van der Waals surface area contributed by atoms with Crippen molar-refractivity contribution in [3.8, 4) is 11.8 Å². The summed E-state index contributed by atoms with van der Waals surface area (Å²) in [5.41, 5.74) is 5.52. The van der Waals surface area contributed by atoms with Crippen molar-refractivity contribution in [2.45, 2.75) is 24.9 Å². The number of ether oxygens (including phenoxy) is 1. The number of carbonyl (C=O) groups excluding carboxylic acids is 1. The van der Waals surface area contributed by atoms with Crippen LogP contribution in [0, 0.1) is 11.8 Å². The maximum atomic E-state index is 12.4. The molecule has 1 aliphatic rings. The Labute approximate surface area is 229 Å². The number of thioether (sulfide) groups is 1. The van der Waals surface area contributed by atoms with Gasteiger partial charge in [-0.05, 0) is 0 Å². The highest BCUT2D eigenvalue weighted by molar-refractivity contribution is 8.14. The largest absolute Gasteiger partial charge is 0.490 e. The fourth-order valence-corrected chi connectivity index (χ4v) is 6.79. The highest BCUT2D eigenvalue weighted by Gasteiger charge is 2.43. The lowest BCUT2D eigenvalue weighted by molar-refractivity contribution is -0.0449. The van der Waals surface area contributed by atoms with Gasteiger partial charge >= 0.3 is 29.2 Å². The van der Waals surface area contributed by atoms with Crippen molar-refractivity contribution in [2.75, 3.05) is 18.1 Å². The van der Waals surface area contributed by atoms with Crippen LogP contribution >= 0.6 is 35.2 Å². The minimum Gasteiger partial charge on any atom is -0.390 e. The molecule has 1 aromatic carbocycles. The predicted octanol–water partition coefficient (Wildman–Crippen LogP) is 0.742. The molecule has 17 nitrogen and oxygen atoms in total. The van der Waals surface area contributed by atoms with E-state index in [9.17, 15) is 38.2 Å². The first-order valence-electron chi connectivity index (χ1n) is 10.8. The maximum Gasteiger partial charge on any atom is 0.490 e. The fourth-order valence-electron chi connectivity index (χ4n) is 3.18. The molecule has 0 aliphatic carbocycles. The van der Waals surface area contributed by atoms with Crippen molar-refractivity contribution in [1.29, 1.82) is 0 Å². The zero-order chi connectivity index (χ0) is 29.7. The first-order valence-corrected chi connectivity index (χ1v) is 16.3. The number of aromatic nitrogens is 2. The SMILES string of the molecule is Nc1nc(=O)n([C@H]2C[C@@H](O)[C@@H](COP(=O)(O)OP(=O)(O)OP(=O)(O)O)O2)cc1C#CCSC(=O)c1ccccc1. The summed E-state index contributed by atoms with van der Waals surface area (Å²) in [7, 11) is -16.7. The third-order valence-corrected chi connectivity index (χ3v) is 9.41. The van der Waals surface area contributed by atoms with Crippen LogP contribution in [0.1, 0.15) is 28.6 Å². The zero-order valence-corrected chi connectivity index (χ0v) is 23.4. The summed E-state index contributed by atoms with van der Waals surface area (Å²) in [6, 6.07) is 8.54. The summed E-state index contributed by atoms with van der Waals surface area (Å²) >= 11 is 0.954. The third-order valence-electron chi connectivity index (χ3n) is 4.82. The number of hydrogen-bond donors (Lipinski definition) is 6. The molecule has 0 amide bonds. The van der Waals surface area contributed by atoms with Gasteiger partial charge in [0.2, 0.25) is 5.12 Å². The Morgan fingerprint density at radius 3 is 2.48 bits per heavy atom. The molecule has 21 heteroatoms. The lowest BCUT2D eigenvalue weighted by Gasteiger charge is -2.19. The molecule has 1 aliphatic heterocycles. The second-order valence-corrected chi connectivity index (χ2v) is 13.2. The quantitative estimate of drug-likeness (QED) is 0.154. The van der Waals surface area contributed by atoms with Gasteiger partial charge in [0.25, 0.3) is 0 Å². The molecule has 2 unspecified atom stereocenters. The van der Waals surface area contributed by atoms with Crippen LogP contribution in [0.2, 0.25) is 0 Å². The van der Waals surface area contributed by atoms with Gasteiger partial charge in [-0.1, -0.05) is 53.9 Å². The third kappa shape index (κ3) is 9.72. The van der Waals surface area contributed by atoms with E-state index in [0.717, 1.165) is 16.3 Å². The predicted molar refractivity (Wildman–Crippen MR) is 137 cm³/mol. The molecule has 0 spiro atoms. The van der Waals surface area contributed by atoms with Crippen LogP contribution in [-0.4, -0.2) is 63.9 Å². The van der Waals surface area contributed by atoms with Crippen LogP contribution in [-0.2, 0) is 31.6 Å². The molecule has 2 aromatic rings. The number of anilines is 1. The van der Waals surface area contributed by atoms with Gasteiger partial charge in [-0.15, -0.1) is 0 Å². The Hall–Kier alpha value is -2.19. The summed E-state index contributed by atoms with van der Waals surface area (Å²) in [5, 5.41) is 10.1. The van der Waals surface area contributed by atoms with E-state index in [-0.39, 0.29) is 28.7 Å². The van der Waals surface area contributed by atoms with Crippen LogP contribution in [0.5, 0.6) is 0 Å². The van der Waals surface area contributed by atoms with Gasteiger partial charge in [-0.2, -0.15) is 13.6 Å². The molecular formula is C19H22N3O14P3S. The second-order valence-electron chi connectivity index (χ2n) is 7.79. The molecule has 1 fully saturated rings. The number of nitrogen functional groups attached to an aromatic ring is 1. The van der Waals surface area contributed by atoms with E-state index < -0.39 is 54.2 Å². The van der Waals surface area contributed by atoms with Gasteiger partial charge in [-0.3, -0.25) is 13.9 Å². The van der Waals surface area contributed by atoms with Crippen LogP contribution < -0.4 is 11.4 Å². The number of aliphatic hydroxyl groups is 1. The molecule has 0 radical (unpaired) electrons. The van der Waals surface area contributed by atoms with Crippen molar-refractivity contribution >= 4 is 46.2 Å². The van der Waals surface area contributed by atoms with E-state index in [1.54, 1.807) is 30.3 Å². The Morgan fingerprint density at radius 2 is 1.82 bits per heavy atom. The van der Waals surface area contributed by atoms with Crippen molar-refractivity contribution in [3.05, 3.63) is 58.1 Å². The Kier molecular flexibility index (Phi) is 10.7. The zero-order valence-electron chi connectivity index (χ0n) is 19.9. The monoisotopic (exact) mass is 641 g/mol. The lowest BCUT2D eigenvalue weighted by Crippen LogP contribution is -2.29. The van der Waals surface area contributed by atoms with Gasteiger partial charge in [0, 0.05) is 18.2 Å². The summed E-state index contributed by atoms with van der Waals surface area (Å²) in [5.74, 6) is 5.34. The molecule has 40 heavy (non-hydrogen) atoms. The van der Waals surface area contributed by atoms with Gasteiger partial charge < -0.3 is 35.2 Å². The van der Waals surface area contributed by atoms with E-state index in [1.165, 1.54) is 6.20 Å². The molecule has 0 bridgehead atoms. The lowest BCUT2D eigenvalue weighted by atomic mass is 10.2. The molecule has 218 valence electrons.